The zero-order chi connectivity index (χ0) is 15.6. The number of carbonyl (C=O) groups excluding carboxylic acids is 2. The third-order valence-corrected chi connectivity index (χ3v) is 3.51. The van der Waals surface area contributed by atoms with Crippen LogP contribution in [0.25, 0.3) is 6.08 Å². The summed E-state index contributed by atoms with van der Waals surface area (Å²) in [5, 5.41) is 21.5. The second kappa shape index (κ2) is 5.68. The van der Waals surface area contributed by atoms with Gasteiger partial charge < -0.3 is 5.11 Å². The lowest BCUT2D eigenvalue weighted by atomic mass is 10.1. The second-order valence-corrected chi connectivity index (χ2v) is 4.95. The number of benzene rings is 1. The minimum atomic E-state index is -0.802. The Bertz CT molecular complexity index is 720. The summed E-state index contributed by atoms with van der Waals surface area (Å²) >= 11 is 0.690. The molecular weight excluding hydrogens is 296 g/mol. The predicted octanol–water partition coefficient (Wildman–Crippen LogP) is 1.34. The van der Waals surface area contributed by atoms with Crippen LogP contribution >= 0.6 is 11.8 Å². The van der Waals surface area contributed by atoms with Crippen molar-refractivity contribution < 1.29 is 19.6 Å². The number of nitro groups is 1. The van der Waals surface area contributed by atoms with Crippen molar-refractivity contribution in [3.63, 3.8) is 0 Å². The van der Waals surface area contributed by atoms with Gasteiger partial charge in [0.1, 0.15) is 0 Å². The minimum absolute atomic E-state index is 0.100. The van der Waals surface area contributed by atoms with Gasteiger partial charge in [0, 0.05) is 6.07 Å². The van der Waals surface area contributed by atoms with Crippen LogP contribution in [0, 0.1) is 22.5 Å². The van der Waals surface area contributed by atoms with E-state index in [-0.39, 0.29) is 17.0 Å². The van der Waals surface area contributed by atoms with E-state index in [0.717, 1.165) is 17.0 Å². The third kappa shape index (κ3) is 2.88. The van der Waals surface area contributed by atoms with Crippen LogP contribution in [0.3, 0.4) is 0 Å². The molecule has 1 aliphatic rings. The molecule has 1 heterocycles. The Labute approximate surface area is 123 Å². The normalized spacial score (nSPS) is 16.3. The zero-order valence-corrected chi connectivity index (χ0v) is 11.3. The lowest BCUT2D eigenvalue weighted by Crippen LogP contribution is -2.28. The smallest absolute Gasteiger partial charge is 0.294 e. The monoisotopic (exact) mass is 303 g/mol. The molecule has 2 amide bonds. The molecule has 0 spiro atoms. The summed E-state index contributed by atoms with van der Waals surface area (Å²) in [5.74, 6) is 0.916. The van der Waals surface area contributed by atoms with Gasteiger partial charge in [-0.15, -0.1) is 6.42 Å². The fraction of sp³-hybridized carbons (Fsp3) is 0.0769. The van der Waals surface area contributed by atoms with Gasteiger partial charge in [0.25, 0.3) is 16.8 Å². The molecule has 0 radical (unpaired) electrons. The fourth-order valence-corrected chi connectivity index (χ4v) is 2.48. The molecule has 0 aliphatic carbocycles. The minimum Gasteiger partial charge on any atom is -0.868 e. The van der Waals surface area contributed by atoms with Crippen molar-refractivity contribution in [3.05, 3.63) is 38.8 Å². The number of amides is 2. The molecule has 0 bridgehead atoms. The summed E-state index contributed by atoms with van der Waals surface area (Å²) in [5.41, 5.74) is -0.306. The SMILES string of the molecule is C#CCN1C(=O)S/C(=C\c2ccc([O-])c([N+](=O)[O-])c2)C1=O. The Morgan fingerprint density at radius 3 is 2.76 bits per heavy atom. The average Bonchev–Trinajstić information content (AvgIpc) is 2.69. The lowest BCUT2D eigenvalue weighted by Gasteiger charge is -2.07. The third-order valence-electron chi connectivity index (χ3n) is 2.60. The predicted molar refractivity (Wildman–Crippen MR) is 74.1 cm³/mol. The molecule has 1 aromatic carbocycles. The van der Waals surface area contributed by atoms with Gasteiger partial charge in [-0.2, -0.15) is 0 Å². The van der Waals surface area contributed by atoms with Crippen LogP contribution in [0.2, 0.25) is 0 Å². The Hall–Kier alpha value is -2.79. The van der Waals surface area contributed by atoms with Crippen molar-refractivity contribution in [1.29, 1.82) is 0 Å². The zero-order valence-electron chi connectivity index (χ0n) is 10.4. The van der Waals surface area contributed by atoms with Crippen LogP contribution in [0.1, 0.15) is 5.56 Å². The van der Waals surface area contributed by atoms with E-state index in [1.54, 1.807) is 0 Å². The van der Waals surface area contributed by atoms with Crippen LogP contribution in [0.5, 0.6) is 5.75 Å². The van der Waals surface area contributed by atoms with Crippen LogP contribution < -0.4 is 5.11 Å². The molecule has 8 heteroatoms. The fourth-order valence-electron chi connectivity index (χ4n) is 1.65. The summed E-state index contributed by atoms with van der Waals surface area (Å²) in [7, 11) is 0. The van der Waals surface area contributed by atoms with Crippen molar-refractivity contribution >= 4 is 34.7 Å². The highest BCUT2D eigenvalue weighted by molar-refractivity contribution is 8.18. The summed E-state index contributed by atoms with van der Waals surface area (Å²) in [6.07, 6.45) is 6.38. The van der Waals surface area contributed by atoms with Crippen molar-refractivity contribution in [1.82, 2.24) is 4.90 Å². The molecule has 21 heavy (non-hydrogen) atoms. The number of hydrogen-bond acceptors (Lipinski definition) is 6. The van der Waals surface area contributed by atoms with Crippen molar-refractivity contribution in [2.45, 2.75) is 0 Å². The number of carbonyl (C=O) groups is 2. The molecule has 1 aliphatic heterocycles. The molecule has 1 saturated heterocycles. The van der Waals surface area contributed by atoms with E-state index in [0.29, 0.717) is 11.8 Å². The summed E-state index contributed by atoms with van der Waals surface area (Å²) in [6.45, 7) is -0.137. The van der Waals surface area contributed by atoms with Gasteiger partial charge in [0.15, 0.2) is 0 Å². The Balaban J connectivity index is 2.35. The van der Waals surface area contributed by atoms with Crippen LogP contribution in [-0.2, 0) is 4.79 Å². The van der Waals surface area contributed by atoms with Gasteiger partial charge in [-0.3, -0.25) is 24.6 Å². The number of imide groups is 1. The van der Waals surface area contributed by atoms with E-state index < -0.39 is 27.5 Å². The molecule has 106 valence electrons. The first-order valence-corrected chi connectivity index (χ1v) is 6.40. The maximum Gasteiger partial charge on any atom is 0.294 e. The Kier molecular flexibility index (Phi) is 3.95. The van der Waals surface area contributed by atoms with Crippen LogP contribution in [-0.4, -0.2) is 27.5 Å². The molecule has 1 aromatic rings. The van der Waals surface area contributed by atoms with E-state index in [1.165, 1.54) is 12.1 Å². The number of thioether (sulfide) groups is 1. The first kappa shape index (κ1) is 14.6. The van der Waals surface area contributed by atoms with E-state index in [4.69, 9.17) is 6.42 Å². The van der Waals surface area contributed by atoms with Gasteiger partial charge in [-0.05, 0) is 29.2 Å². The maximum absolute atomic E-state index is 11.9. The Morgan fingerprint density at radius 2 is 2.14 bits per heavy atom. The molecule has 0 unspecified atom stereocenters. The van der Waals surface area contributed by atoms with E-state index in [9.17, 15) is 24.8 Å². The van der Waals surface area contributed by atoms with Crippen LogP contribution in [0.15, 0.2) is 23.1 Å². The van der Waals surface area contributed by atoms with Gasteiger partial charge in [-0.1, -0.05) is 18.1 Å². The quantitative estimate of drug-likeness (QED) is 0.361. The van der Waals surface area contributed by atoms with Gasteiger partial charge in [-0.25, -0.2) is 0 Å². The van der Waals surface area contributed by atoms with Crippen molar-refractivity contribution in [2.24, 2.45) is 0 Å². The topological polar surface area (TPSA) is 104 Å². The van der Waals surface area contributed by atoms with Crippen molar-refractivity contribution in [3.8, 4) is 18.1 Å². The highest BCUT2D eigenvalue weighted by Gasteiger charge is 2.34. The highest BCUT2D eigenvalue weighted by atomic mass is 32.2. The summed E-state index contributed by atoms with van der Waals surface area (Å²) in [4.78, 5) is 34.4. The molecule has 0 saturated carbocycles. The first-order valence-electron chi connectivity index (χ1n) is 5.58. The van der Waals surface area contributed by atoms with Gasteiger partial charge in [0.2, 0.25) is 0 Å². The number of terminal acetylenes is 1. The van der Waals surface area contributed by atoms with E-state index >= 15 is 0 Å². The Morgan fingerprint density at radius 1 is 1.43 bits per heavy atom. The van der Waals surface area contributed by atoms with Crippen molar-refractivity contribution in [2.75, 3.05) is 6.54 Å². The molecule has 0 atom stereocenters. The molecule has 1 fully saturated rings. The first-order chi connectivity index (χ1) is 9.93. The number of hydrogen-bond donors (Lipinski definition) is 0. The van der Waals surface area contributed by atoms with Gasteiger partial charge >= 0.3 is 0 Å². The molecule has 7 nitrogen and oxygen atoms in total. The highest BCUT2D eigenvalue weighted by Crippen LogP contribution is 2.33. The second-order valence-electron chi connectivity index (χ2n) is 3.96. The number of nitrogens with zero attached hydrogens (tertiary/aromatic N) is 2. The maximum atomic E-state index is 11.9. The van der Waals surface area contributed by atoms with E-state index in [2.05, 4.69) is 5.92 Å². The summed E-state index contributed by atoms with van der Waals surface area (Å²) in [6, 6.07) is 3.43. The molecule has 0 aromatic heterocycles. The van der Waals surface area contributed by atoms with E-state index in [1.807, 2.05) is 0 Å². The number of nitro benzene ring substituents is 1. The summed E-state index contributed by atoms with van der Waals surface area (Å²) < 4.78 is 0. The number of rotatable bonds is 3. The molecule has 2 rings (SSSR count). The van der Waals surface area contributed by atoms with Gasteiger partial charge in [0.05, 0.1) is 16.4 Å². The van der Waals surface area contributed by atoms with Crippen LogP contribution in [0.4, 0.5) is 10.5 Å². The standard InChI is InChI=1S/C13H8N2O5S/c1-2-5-14-12(17)11(21-13(14)18)7-8-3-4-10(16)9(6-8)15(19)20/h1,3-4,6-7,16H,5H2/p-1/b11-7-. The largest absolute Gasteiger partial charge is 0.868 e. The molecular formula is C13H7N2O5S-. The average molecular weight is 303 g/mol. The lowest BCUT2D eigenvalue weighted by molar-refractivity contribution is -0.398. The molecule has 0 N–H and O–H groups in total.